The monoisotopic (exact) mass is 266 g/mol. The highest BCUT2D eigenvalue weighted by Gasteiger charge is 2.12. The molecule has 0 unspecified atom stereocenters. The van der Waals surface area contributed by atoms with Crippen molar-refractivity contribution in [3.05, 3.63) is 59.4 Å². The molecule has 0 aliphatic carbocycles. The van der Waals surface area contributed by atoms with Crippen LogP contribution in [0.3, 0.4) is 0 Å². The Hall–Kier alpha value is -2.17. The molecule has 19 heavy (non-hydrogen) atoms. The fourth-order valence-electron chi connectivity index (χ4n) is 1.93. The fourth-order valence-corrected chi connectivity index (χ4v) is 1.93. The average molecular weight is 266 g/mol. The molecule has 2 nitrogen and oxygen atoms in total. The Balaban J connectivity index is 2.25. The largest absolute Gasteiger partial charge is 0.397 e. The summed E-state index contributed by atoms with van der Waals surface area (Å²) in [7, 11) is 1.63. The van der Waals surface area contributed by atoms with Crippen LogP contribution in [0.4, 0.5) is 24.5 Å². The van der Waals surface area contributed by atoms with Crippen molar-refractivity contribution in [1.29, 1.82) is 0 Å². The Morgan fingerprint density at radius 3 is 2.37 bits per heavy atom. The maximum Gasteiger partial charge on any atom is 0.159 e. The standard InChI is InChI=1S/C14H13F3N2/c1-19(14-11(16)3-2-4-13(14)18)8-9-5-6-10(15)12(17)7-9/h2-7H,8,18H2,1H3. The number of hydrogen-bond donors (Lipinski definition) is 1. The Bertz CT molecular complexity index is 579. The van der Waals surface area contributed by atoms with Crippen molar-refractivity contribution >= 4 is 11.4 Å². The van der Waals surface area contributed by atoms with Crippen LogP contribution in [-0.2, 0) is 6.54 Å². The number of hydrogen-bond acceptors (Lipinski definition) is 2. The van der Waals surface area contributed by atoms with Gasteiger partial charge >= 0.3 is 0 Å². The summed E-state index contributed by atoms with van der Waals surface area (Å²) in [5.41, 5.74) is 6.78. The maximum absolute atomic E-state index is 13.7. The van der Waals surface area contributed by atoms with Crippen molar-refractivity contribution in [3.63, 3.8) is 0 Å². The van der Waals surface area contributed by atoms with E-state index < -0.39 is 17.5 Å². The first-order chi connectivity index (χ1) is 8.99. The van der Waals surface area contributed by atoms with Gasteiger partial charge in [-0.2, -0.15) is 0 Å². The summed E-state index contributed by atoms with van der Waals surface area (Å²) in [5, 5.41) is 0. The van der Waals surface area contributed by atoms with Crippen LogP contribution in [-0.4, -0.2) is 7.05 Å². The lowest BCUT2D eigenvalue weighted by atomic mass is 10.1. The average Bonchev–Trinajstić information content (AvgIpc) is 2.33. The molecule has 0 radical (unpaired) electrons. The smallest absolute Gasteiger partial charge is 0.159 e. The molecule has 2 aromatic rings. The van der Waals surface area contributed by atoms with Gasteiger partial charge in [-0.3, -0.25) is 0 Å². The zero-order chi connectivity index (χ0) is 14.0. The van der Waals surface area contributed by atoms with Crippen LogP contribution in [0.15, 0.2) is 36.4 Å². The maximum atomic E-state index is 13.7. The Morgan fingerprint density at radius 1 is 1.00 bits per heavy atom. The molecule has 0 saturated heterocycles. The summed E-state index contributed by atoms with van der Waals surface area (Å²) < 4.78 is 39.6. The minimum atomic E-state index is -0.924. The molecular formula is C14H13F3N2. The zero-order valence-electron chi connectivity index (χ0n) is 10.3. The van der Waals surface area contributed by atoms with Crippen LogP contribution in [0.2, 0.25) is 0 Å². The summed E-state index contributed by atoms with van der Waals surface area (Å²) >= 11 is 0. The molecule has 0 aliphatic heterocycles. The minimum Gasteiger partial charge on any atom is -0.397 e. The molecule has 0 atom stereocenters. The summed E-state index contributed by atoms with van der Waals surface area (Å²) in [6.45, 7) is 0.225. The van der Waals surface area contributed by atoms with E-state index in [4.69, 9.17) is 5.73 Å². The highest BCUT2D eigenvalue weighted by atomic mass is 19.2. The van der Waals surface area contributed by atoms with Gasteiger partial charge in [0, 0.05) is 13.6 Å². The van der Waals surface area contributed by atoms with Crippen LogP contribution in [0, 0.1) is 17.5 Å². The van der Waals surface area contributed by atoms with Crippen molar-refractivity contribution < 1.29 is 13.2 Å². The van der Waals surface area contributed by atoms with Gasteiger partial charge in [0.1, 0.15) is 5.82 Å². The number of nitrogen functional groups attached to an aromatic ring is 1. The van der Waals surface area contributed by atoms with E-state index in [0.29, 0.717) is 11.3 Å². The Morgan fingerprint density at radius 2 is 1.74 bits per heavy atom. The Labute approximate surface area is 109 Å². The molecule has 2 aromatic carbocycles. The lowest BCUT2D eigenvalue weighted by Crippen LogP contribution is -2.19. The van der Waals surface area contributed by atoms with Crippen molar-refractivity contribution in [1.82, 2.24) is 0 Å². The third-order valence-corrected chi connectivity index (χ3v) is 2.80. The highest BCUT2D eigenvalue weighted by molar-refractivity contribution is 5.67. The van der Waals surface area contributed by atoms with Gasteiger partial charge in [-0.25, -0.2) is 13.2 Å². The summed E-state index contributed by atoms with van der Waals surface area (Å²) in [4.78, 5) is 1.55. The number of nitrogens with zero attached hydrogens (tertiary/aromatic N) is 1. The van der Waals surface area contributed by atoms with E-state index in [1.165, 1.54) is 18.2 Å². The second-order valence-electron chi connectivity index (χ2n) is 4.28. The molecule has 100 valence electrons. The lowest BCUT2D eigenvalue weighted by molar-refractivity contribution is 0.507. The molecule has 0 bridgehead atoms. The first-order valence-corrected chi connectivity index (χ1v) is 5.68. The van der Waals surface area contributed by atoms with E-state index >= 15 is 0 Å². The van der Waals surface area contributed by atoms with Gasteiger partial charge < -0.3 is 10.6 Å². The van der Waals surface area contributed by atoms with E-state index in [1.807, 2.05) is 0 Å². The number of rotatable bonds is 3. The lowest BCUT2D eigenvalue weighted by Gasteiger charge is -2.21. The first kappa shape index (κ1) is 13.3. The van der Waals surface area contributed by atoms with E-state index in [9.17, 15) is 13.2 Å². The van der Waals surface area contributed by atoms with Crippen molar-refractivity contribution in [2.75, 3.05) is 17.7 Å². The third-order valence-electron chi connectivity index (χ3n) is 2.80. The van der Waals surface area contributed by atoms with Gasteiger partial charge in [0.25, 0.3) is 0 Å². The van der Waals surface area contributed by atoms with Gasteiger partial charge in [-0.1, -0.05) is 12.1 Å². The van der Waals surface area contributed by atoms with Gasteiger partial charge in [0.05, 0.1) is 11.4 Å². The second kappa shape index (κ2) is 5.22. The molecule has 0 saturated carbocycles. The predicted molar refractivity (Wildman–Crippen MR) is 69.3 cm³/mol. The first-order valence-electron chi connectivity index (χ1n) is 5.68. The molecule has 0 spiro atoms. The normalized spacial score (nSPS) is 10.5. The van der Waals surface area contributed by atoms with E-state index in [1.54, 1.807) is 18.0 Å². The number of nitrogens with two attached hydrogens (primary N) is 1. The summed E-state index contributed by atoms with van der Waals surface area (Å²) in [6, 6.07) is 7.98. The number of benzene rings is 2. The van der Waals surface area contributed by atoms with Crippen molar-refractivity contribution in [2.45, 2.75) is 6.54 Å². The van der Waals surface area contributed by atoms with E-state index in [0.717, 1.165) is 12.1 Å². The summed E-state index contributed by atoms with van der Waals surface area (Å²) in [5.74, 6) is -2.28. The fraction of sp³-hybridized carbons (Fsp3) is 0.143. The SMILES string of the molecule is CN(Cc1ccc(F)c(F)c1)c1c(N)cccc1F. The molecule has 2 rings (SSSR count). The second-order valence-corrected chi connectivity index (χ2v) is 4.28. The molecule has 0 aromatic heterocycles. The number of para-hydroxylation sites is 1. The Kier molecular flexibility index (Phi) is 3.64. The molecule has 2 N–H and O–H groups in total. The molecule has 0 heterocycles. The van der Waals surface area contributed by atoms with Gasteiger partial charge in [-0.05, 0) is 29.8 Å². The molecule has 0 aliphatic rings. The zero-order valence-corrected chi connectivity index (χ0v) is 10.3. The number of anilines is 2. The third kappa shape index (κ3) is 2.81. The molecule has 0 fully saturated rings. The van der Waals surface area contributed by atoms with E-state index in [-0.39, 0.29) is 12.2 Å². The quantitative estimate of drug-likeness (QED) is 0.863. The topological polar surface area (TPSA) is 29.3 Å². The van der Waals surface area contributed by atoms with Gasteiger partial charge in [0.15, 0.2) is 11.6 Å². The predicted octanol–water partition coefficient (Wildman–Crippen LogP) is 3.32. The van der Waals surface area contributed by atoms with Gasteiger partial charge in [-0.15, -0.1) is 0 Å². The molecular weight excluding hydrogens is 253 g/mol. The van der Waals surface area contributed by atoms with Crippen LogP contribution >= 0.6 is 0 Å². The van der Waals surface area contributed by atoms with Crippen LogP contribution in [0.1, 0.15) is 5.56 Å². The van der Waals surface area contributed by atoms with Crippen LogP contribution in [0.25, 0.3) is 0 Å². The molecule has 0 amide bonds. The van der Waals surface area contributed by atoms with Crippen LogP contribution < -0.4 is 10.6 Å². The van der Waals surface area contributed by atoms with Crippen molar-refractivity contribution in [3.8, 4) is 0 Å². The van der Waals surface area contributed by atoms with E-state index in [2.05, 4.69) is 0 Å². The van der Waals surface area contributed by atoms with Crippen molar-refractivity contribution in [2.24, 2.45) is 0 Å². The summed E-state index contributed by atoms with van der Waals surface area (Å²) in [6.07, 6.45) is 0. The minimum absolute atomic E-state index is 0.225. The molecule has 5 heteroatoms. The number of halogens is 3. The van der Waals surface area contributed by atoms with Gasteiger partial charge in [0.2, 0.25) is 0 Å². The highest BCUT2D eigenvalue weighted by Crippen LogP contribution is 2.26. The van der Waals surface area contributed by atoms with Crippen LogP contribution in [0.5, 0.6) is 0 Å².